The van der Waals surface area contributed by atoms with Crippen molar-refractivity contribution in [2.24, 2.45) is 13.0 Å². The molecule has 0 atom stereocenters. The molecular weight excluding hydrogens is 292 g/mol. The van der Waals surface area contributed by atoms with E-state index in [1.807, 2.05) is 0 Å². The lowest BCUT2D eigenvalue weighted by Crippen LogP contribution is -2.23. The van der Waals surface area contributed by atoms with Crippen LogP contribution >= 0.6 is 0 Å². The Morgan fingerprint density at radius 3 is 2.71 bits per heavy atom. The third-order valence-electron chi connectivity index (χ3n) is 3.02. The highest BCUT2D eigenvalue weighted by atomic mass is 32.2. The highest BCUT2D eigenvalue weighted by molar-refractivity contribution is 7.89. The van der Waals surface area contributed by atoms with Crippen molar-refractivity contribution in [3.63, 3.8) is 0 Å². The summed E-state index contributed by atoms with van der Waals surface area (Å²) in [7, 11) is -1.90. The molecule has 0 saturated carbocycles. The Morgan fingerprint density at radius 2 is 2.14 bits per heavy atom. The second kappa shape index (κ2) is 5.98. The molecule has 21 heavy (non-hydrogen) atoms. The Labute approximate surface area is 124 Å². The molecule has 0 bridgehead atoms. The lowest BCUT2D eigenvalue weighted by Gasteiger charge is -2.00. The Kier molecular flexibility index (Phi) is 4.48. The van der Waals surface area contributed by atoms with Crippen LogP contribution in [0.5, 0.6) is 0 Å². The zero-order chi connectivity index (χ0) is 15.6. The number of aryl methyl sites for hydroxylation is 2. The molecule has 0 saturated heterocycles. The van der Waals surface area contributed by atoms with Gasteiger partial charge in [-0.3, -0.25) is 0 Å². The summed E-state index contributed by atoms with van der Waals surface area (Å²) in [5.41, 5.74) is 0.827. The average molecular weight is 312 g/mol. The molecule has 0 unspecified atom stereocenters. The van der Waals surface area contributed by atoms with E-state index in [9.17, 15) is 8.42 Å². The van der Waals surface area contributed by atoms with Crippen LogP contribution < -0.4 is 4.72 Å². The van der Waals surface area contributed by atoms with E-state index in [0.717, 1.165) is 12.1 Å². The number of rotatable bonds is 6. The van der Waals surface area contributed by atoms with Gasteiger partial charge in [0.15, 0.2) is 10.8 Å². The van der Waals surface area contributed by atoms with Crippen LogP contribution in [0.1, 0.15) is 31.1 Å². The van der Waals surface area contributed by atoms with Gasteiger partial charge in [-0.2, -0.15) is 0 Å². The van der Waals surface area contributed by atoms with Crippen molar-refractivity contribution in [1.29, 1.82) is 0 Å². The van der Waals surface area contributed by atoms with Crippen LogP contribution in [0.25, 0.3) is 0 Å². The Balaban J connectivity index is 2.03. The van der Waals surface area contributed by atoms with Crippen molar-refractivity contribution in [3.05, 3.63) is 29.5 Å². The molecule has 0 aliphatic rings. The summed E-state index contributed by atoms with van der Waals surface area (Å²) in [5.74, 6) is 1.59. The van der Waals surface area contributed by atoms with E-state index in [4.69, 9.17) is 4.52 Å². The molecule has 0 aliphatic carbocycles. The first-order valence-corrected chi connectivity index (χ1v) is 8.20. The van der Waals surface area contributed by atoms with E-state index in [1.165, 1.54) is 6.20 Å². The largest absolute Gasteiger partial charge is 0.360 e. The van der Waals surface area contributed by atoms with Crippen molar-refractivity contribution in [2.75, 3.05) is 0 Å². The van der Waals surface area contributed by atoms with Gasteiger partial charge in [0, 0.05) is 19.3 Å². The summed E-state index contributed by atoms with van der Waals surface area (Å²) in [6, 6.07) is 1.77. The molecule has 0 spiro atoms. The van der Waals surface area contributed by atoms with E-state index in [1.54, 1.807) is 24.6 Å². The summed E-state index contributed by atoms with van der Waals surface area (Å²) in [5, 5.41) is 3.92. The number of hydrogen-bond donors (Lipinski definition) is 1. The fraction of sp³-hybridized carbons (Fsp3) is 0.538. The van der Waals surface area contributed by atoms with Crippen molar-refractivity contribution in [1.82, 2.24) is 19.4 Å². The molecule has 2 heterocycles. The monoisotopic (exact) mass is 312 g/mol. The number of nitrogens with one attached hydrogen (secondary N) is 1. The van der Waals surface area contributed by atoms with Crippen LogP contribution in [0, 0.1) is 12.8 Å². The molecular formula is C13H20N4O3S. The highest BCUT2D eigenvalue weighted by Gasteiger charge is 2.19. The molecule has 7 nitrogen and oxygen atoms in total. The fourth-order valence-electron chi connectivity index (χ4n) is 1.85. The normalized spacial score (nSPS) is 12.2. The van der Waals surface area contributed by atoms with Crippen LogP contribution in [0.4, 0.5) is 0 Å². The molecule has 2 aromatic rings. The number of aromatic nitrogens is 3. The third-order valence-corrected chi connectivity index (χ3v) is 4.30. The van der Waals surface area contributed by atoms with Gasteiger partial charge in [0.25, 0.3) is 10.0 Å². The fourth-order valence-corrected chi connectivity index (χ4v) is 2.88. The first kappa shape index (κ1) is 15.7. The Bertz CT molecular complexity index is 696. The highest BCUT2D eigenvalue weighted by Crippen LogP contribution is 2.11. The summed E-state index contributed by atoms with van der Waals surface area (Å²) < 4.78 is 33.5. The van der Waals surface area contributed by atoms with Crippen molar-refractivity contribution < 1.29 is 12.9 Å². The van der Waals surface area contributed by atoms with Crippen LogP contribution in [-0.2, 0) is 30.0 Å². The van der Waals surface area contributed by atoms with Crippen LogP contribution in [0.2, 0.25) is 0 Å². The molecule has 1 N–H and O–H groups in total. The number of sulfonamides is 1. The van der Waals surface area contributed by atoms with Gasteiger partial charge >= 0.3 is 0 Å². The van der Waals surface area contributed by atoms with E-state index < -0.39 is 10.0 Å². The minimum absolute atomic E-state index is 0.00409. The zero-order valence-electron chi connectivity index (χ0n) is 12.6. The summed E-state index contributed by atoms with van der Waals surface area (Å²) >= 11 is 0. The Morgan fingerprint density at radius 1 is 1.43 bits per heavy atom. The zero-order valence-corrected chi connectivity index (χ0v) is 13.4. The number of nitrogens with zero attached hydrogens (tertiary/aromatic N) is 3. The van der Waals surface area contributed by atoms with Crippen LogP contribution in [-0.4, -0.2) is 23.1 Å². The minimum Gasteiger partial charge on any atom is -0.360 e. The van der Waals surface area contributed by atoms with E-state index >= 15 is 0 Å². The smallest absolute Gasteiger partial charge is 0.260 e. The molecule has 2 rings (SSSR count). The predicted octanol–water partition coefficient (Wildman–Crippen LogP) is 1.39. The first-order chi connectivity index (χ1) is 9.78. The van der Waals surface area contributed by atoms with Gasteiger partial charge in [-0.15, -0.1) is 0 Å². The second-order valence-corrected chi connectivity index (χ2v) is 7.16. The van der Waals surface area contributed by atoms with Crippen molar-refractivity contribution in [3.8, 4) is 0 Å². The van der Waals surface area contributed by atoms with Gasteiger partial charge < -0.3 is 9.09 Å². The first-order valence-electron chi connectivity index (χ1n) is 6.72. The molecule has 0 amide bonds. The summed E-state index contributed by atoms with van der Waals surface area (Å²) in [6.45, 7) is 5.97. The second-order valence-electron chi connectivity index (χ2n) is 5.44. The number of imidazole rings is 1. The van der Waals surface area contributed by atoms with E-state index in [2.05, 4.69) is 28.7 Å². The summed E-state index contributed by atoms with van der Waals surface area (Å²) in [6.07, 6.45) is 2.28. The maximum atomic E-state index is 12.1. The predicted molar refractivity (Wildman–Crippen MR) is 77.0 cm³/mol. The molecule has 0 fully saturated rings. The topological polar surface area (TPSA) is 90.0 Å². The van der Waals surface area contributed by atoms with Crippen LogP contribution in [0.3, 0.4) is 0 Å². The summed E-state index contributed by atoms with van der Waals surface area (Å²) in [4.78, 5) is 4.01. The van der Waals surface area contributed by atoms with Gasteiger partial charge in [0.2, 0.25) is 0 Å². The van der Waals surface area contributed by atoms with Gasteiger partial charge in [-0.25, -0.2) is 18.1 Å². The average Bonchev–Trinajstić information content (AvgIpc) is 2.95. The molecule has 0 aromatic carbocycles. The molecule has 0 aliphatic heterocycles. The molecule has 2 aromatic heterocycles. The van der Waals surface area contributed by atoms with E-state index in [0.29, 0.717) is 17.5 Å². The van der Waals surface area contributed by atoms with Crippen molar-refractivity contribution >= 4 is 10.0 Å². The van der Waals surface area contributed by atoms with E-state index in [-0.39, 0.29) is 11.6 Å². The quantitative estimate of drug-likeness (QED) is 0.870. The molecule has 116 valence electrons. The van der Waals surface area contributed by atoms with Gasteiger partial charge in [-0.1, -0.05) is 19.0 Å². The third kappa shape index (κ3) is 3.92. The lowest BCUT2D eigenvalue weighted by molar-refractivity contribution is 0.371. The van der Waals surface area contributed by atoms with Crippen LogP contribution in [0.15, 0.2) is 21.8 Å². The maximum Gasteiger partial charge on any atom is 0.260 e. The minimum atomic E-state index is -3.64. The van der Waals surface area contributed by atoms with Crippen molar-refractivity contribution in [2.45, 2.75) is 38.8 Å². The Hall–Kier alpha value is -1.67. The van der Waals surface area contributed by atoms with Gasteiger partial charge in [0.05, 0.1) is 12.2 Å². The molecule has 8 heteroatoms. The van der Waals surface area contributed by atoms with Gasteiger partial charge in [-0.05, 0) is 19.3 Å². The maximum absolute atomic E-state index is 12.1. The standard InChI is InChI=1S/C13H20N4O3S/c1-9(2)5-11-6-12(20-16-11)7-14-21(18,19)13-8-17(4)10(3)15-13/h6,8-9,14H,5,7H2,1-4H3. The molecule has 0 radical (unpaired) electrons. The number of hydrogen-bond acceptors (Lipinski definition) is 5. The lowest BCUT2D eigenvalue weighted by atomic mass is 10.1. The SMILES string of the molecule is Cc1nc(S(=O)(=O)NCc2cc(CC(C)C)no2)cn1C. The van der Waals surface area contributed by atoms with Gasteiger partial charge in [0.1, 0.15) is 5.82 Å².